The molecule has 0 saturated carbocycles. The van der Waals surface area contributed by atoms with E-state index in [0.29, 0.717) is 0 Å². The first-order valence-electron chi connectivity index (χ1n) is 2.00. The fourth-order valence-electron chi connectivity index (χ4n) is 0. The van der Waals surface area contributed by atoms with E-state index in [9.17, 15) is 0 Å². The van der Waals surface area contributed by atoms with Gasteiger partial charge < -0.3 is 0 Å². The summed E-state index contributed by atoms with van der Waals surface area (Å²) in [5.74, 6) is 0. The van der Waals surface area contributed by atoms with Crippen molar-refractivity contribution in [2.75, 3.05) is 0 Å². The van der Waals surface area contributed by atoms with Gasteiger partial charge in [-0.2, -0.15) is 0 Å². The molecule has 6 heteroatoms. The minimum Gasteiger partial charge on any atom is -0.0149 e. The topological polar surface area (TPSA) is 0 Å². The van der Waals surface area contributed by atoms with Gasteiger partial charge in [-0.15, -0.1) is 0 Å². The smallest absolute Gasteiger partial charge is 0 e. The van der Waals surface area contributed by atoms with Gasteiger partial charge in [-0.1, -0.05) is 0 Å². The number of hydrogen-bond donors (Lipinski definition) is 0. The Hall–Kier alpha value is 1.30. The van der Waals surface area contributed by atoms with Crippen LogP contribution in [0.3, 0.4) is 0 Å². The maximum absolute atomic E-state index is 1.44. The molecule has 0 bridgehead atoms. The van der Waals surface area contributed by atoms with Crippen molar-refractivity contribution in [3.63, 3.8) is 0 Å². The van der Waals surface area contributed by atoms with Crippen LogP contribution in [0.5, 0.6) is 0 Å². The summed E-state index contributed by atoms with van der Waals surface area (Å²) in [6.45, 7) is 0. The summed E-state index contributed by atoms with van der Waals surface area (Å²) in [5.41, 5.74) is 0. The van der Waals surface area contributed by atoms with E-state index in [1.165, 1.54) is 39.0 Å². The molecule has 0 N–H and O–H groups in total. The number of hydrogen-bond acceptors (Lipinski definition) is 0. The highest BCUT2D eigenvalue weighted by Gasteiger charge is 0.990. The number of rotatable bonds is 0. The van der Waals surface area contributed by atoms with Crippen LogP contribution in [-0.4, -0.2) is 61.0 Å². The van der Waals surface area contributed by atoms with Crippen molar-refractivity contribution in [1.29, 1.82) is 0 Å². The molecule has 0 rings (SSSR count). The first-order valence-corrected chi connectivity index (χ1v) is 18.0. The standard InChI is InChI=1S/2H6Si2.2H4Si.4H2/c2*1-2;;;;;;/h2*1-2H3;2*1H4;4*1H. The van der Waals surface area contributed by atoms with E-state index in [2.05, 4.69) is 0 Å². The Bertz CT molecular complexity index is 9.71. The summed E-state index contributed by atoms with van der Waals surface area (Å²) in [4.78, 5) is 0. The van der Waals surface area contributed by atoms with Crippen molar-refractivity contribution in [2.24, 2.45) is 0 Å². The summed E-state index contributed by atoms with van der Waals surface area (Å²) in [6.07, 6.45) is 0. The molecule has 0 aliphatic rings. The first-order chi connectivity index (χ1) is 2.00. The summed E-state index contributed by atoms with van der Waals surface area (Å²) in [6, 6.07) is 0. The van der Waals surface area contributed by atoms with Crippen LogP contribution in [-0.2, 0) is 0 Å². The first kappa shape index (κ1) is 26.6. The van der Waals surface area contributed by atoms with Crippen molar-refractivity contribution in [3.8, 4) is 0 Å². The van der Waals surface area contributed by atoms with E-state index in [-0.39, 0.29) is 27.6 Å². The van der Waals surface area contributed by atoms with E-state index in [1.807, 2.05) is 0 Å². The summed E-state index contributed by atoms with van der Waals surface area (Å²) in [5, 5.41) is 0. The van der Waals surface area contributed by atoms with Crippen LogP contribution in [0, 0.1) is 0 Å². The zero-order chi connectivity index (χ0) is 4.00. The van der Waals surface area contributed by atoms with Crippen LogP contribution >= 0.6 is 0 Å². The van der Waals surface area contributed by atoms with Crippen LogP contribution in [0.2, 0.25) is 0 Å². The Labute approximate surface area is 67.1 Å². The Morgan fingerprint density at radius 2 is 0.667 bits per heavy atom. The van der Waals surface area contributed by atoms with Crippen molar-refractivity contribution in [3.05, 3.63) is 0 Å². The van der Waals surface area contributed by atoms with Gasteiger partial charge in [0, 0.05) is 5.71 Å². The highest BCUT2D eigenvalue weighted by molar-refractivity contribution is 6.76. The molecule has 52 valence electrons. The van der Waals surface area contributed by atoms with Crippen molar-refractivity contribution < 1.29 is 5.71 Å². The Morgan fingerprint density at radius 1 is 0.667 bits per heavy atom. The van der Waals surface area contributed by atoms with Gasteiger partial charge in [-0.3, -0.25) is 0 Å². The molecule has 0 fully saturated rings. The van der Waals surface area contributed by atoms with Crippen molar-refractivity contribution >= 4 is 61.0 Å². The average molecular weight is 197 g/mol. The van der Waals surface area contributed by atoms with Crippen LogP contribution in [0.15, 0.2) is 0 Å². The third-order valence-corrected chi connectivity index (χ3v) is 0. The second-order valence-electron chi connectivity index (χ2n) is 0. The quantitative estimate of drug-likeness (QED) is 0.338. The van der Waals surface area contributed by atoms with E-state index in [0.717, 1.165) is 0 Å². The molecule has 0 spiro atoms. The maximum Gasteiger partial charge on any atom is 0 e. The molecule has 0 aromatic heterocycles. The maximum atomic E-state index is 1.44. The molecule has 0 unspecified atom stereocenters. The lowest BCUT2D eigenvalue weighted by atomic mass is 27.1. The summed E-state index contributed by atoms with van der Waals surface area (Å²) >= 11 is 0. The van der Waals surface area contributed by atoms with Crippen molar-refractivity contribution in [2.45, 2.75) is 0 Å². The second kappa shape index (κ2) is 105. The van der Waals surface area contributed by atoms with Gasteiger partial charge in [-0.05, 0) is 61.0 Å². The Balaban J connectivity index is -0.000000000833. The van der Waals surface area contributed by atoms with Crippen LogP contribution in [0.4, 0.5) is 0 Å². The molecule has 0 nitrogen and oxygen atoms in total. The molecular formula is H28Si6. The predicted octanol–water partition coefficient (Wildman–Crippen LogP) is -6.65. The second-order valence-corrected chi connectivity index (χ2v) is 0. The molecule has 0 aromatic rings. The molecule has 0 aromatic carbocycles. The molecule has 0 heterocycles. The minimum absolute atomic E-state index is 0. The average Bonchev–Trinajstić information content (AvgIpc) is 1.50. The SMILES string of the molecule is [HH].[HH].[HH].[HH].[SiH3][SiH3].[SiH3][SiH3].[SiH4].[SiH4]. The largest absolute Gasteiger partial charge is 0.0149 e. The molecule has 0 aliphatic heterocycles. The van der Waals surface area contributed by atoms with Gasteiger partial charge in [0.15, 0.2) is 0 Å². The summed E-state index contributed by atoms with van der Waals surface area (Å²) in [7, 11) is 5.78. The van der Waals surface area contributed by atoms with Gasteiger partial charge in [0.25, 0.3) is 0 Å². The van der Waals surface area contributed by atoms with Crippen LogP contribution < -0.4 is 0 Å². The third kappa shape index (κ3) is 57.9. The zero-order valence-corrected chi connectivity index (χ0v) is 12.0. The fraction of sp³-hybridized carbons (Fsp3) is 0. The molecule has 0 saturated heterocycles. The van der Waals surface area contributed by atoms with Gasteiger partial charge in [-0.25, -0.2) is 0 Å². The highest BCUT2D eigenvalue weighted by atomic mass is 29.1. The van der Waals surface area contributed by atoms with Crippen LogP contribution in [0.1, 0.15) is 5.71 Å². The lowest BCUT2D eigenvalue weighted by Crippen LogP contribution is -1.38. The normalized spacial score (nSPS) is 4.00. The fourth-order valence-corrected chi connectivity index (χ4v) is 0. The lowest BCUT2D eigenvalue weighted by Gasteiger charge is -1.01. The van der Waals surface area contributed by atoms with Gasteiger partial charge in [0.05, 0.1) is 0 Å². The van der Waals surface area contributed by atoms with E-state index >= 15 is 0 Å². The minimum atomic E-state index is 0. The summed E-state index contributed by atoms with van der Waals surface area (Å²) < 4.78 is 0. The van der Waals surface area contributed by atoms with Crippen molar-refractivity contribution in [1.82, 2.24) is 0 Å². The molecule has 0 aliphatic carbocycles. The highest BCUT2D eigenvalue weighted by Crippen LogP contribution is 0.621. The van der Waals surface area contributed by atoms with Gasteiger partial charge in [0.1, 0.15) is 0 Å². The van der Waals surface area contributed by atoms with Gasteiger partial charge in [0.2, 0.25) is 0 Å². The van der Waals surface area contributed by atoms with Crippen LogP contribution in [0.25, 0.3) is 0 Å². The molecule has 6 heavy (non-hydrogen) atoms. The zero-order valence-electron chi connectivity index (χ0n) is 4.00. The molecule has 0 atom stereocenters. The third-order valence-electron chi connectivity index (χ3n) is 0. The Morgan fingerprint density at radius 3 is 0.667 bits per heavy atom. The molecular weight excluding hydrogens is 169 g/mol. The van der Waals surface area contributed by atoms with E-state index in [1.54, 1.807) is 0 Å². The lowest BCUT2D eigenvalue weighted by molar-refractivity contribution is 4.75. The monoisotopic (exact) mass is 196 g/mol. The van der Waals surface area contributed by atoms with Gasteiger partial charge >= 0.3 is 0 Å². The molecule has 0 amide bonds. The Kier molecular flexibility index (Phi) is 464. The van der Waals surface area contributed by atoms with E-state index < -0.39 is 0 Å². The van der Waals surface area contributed by atoms with E-state index in [4.69, 9.17) is 0 Å². The molecule has 0 radical (unpaired) electrons. The predicted molar refractivity (Wildman–Crippen MR) is 70.9 cm³/mol.